The number of aryl methyl sites for hydroxylation is 1. The first kappa shape index (κ1) is 20.6. The molecule has 1 aliphatic heterocycles. The van der Waals surface area contributed by atoms with E-state index < -0.39 is 11.5 Å². The Morgan fingerprint density at radius 2 is 2.00 bits per heavy atom. The lowest BCUT2D eigenvalue weighted by molar-refractivity contribution is -0.141. The number of ketones is 1. The van der Waals surface area contributed by atoms with Gasteiger partial charge < -0.3 is 14.7 Å². The summed E-state index contributed by atoms with van der Waals surface area (Å²) in [5, 5.41) is 11.5. The van der Waals surface area contributed by atoms with Gasteiger partial charge in [-0.25, -0.2) is 0 Å². The summed E-state index contributed by atoms with van der Waals surface area (Å²) in [4.78, 5) is 26.0. The number of aliphatic hydroxyl groups is 1. The Morgan fingerprint density at radius 3 is 2.68 bits per heavy atom. The van der Waals surface area contributed by atoms with E-state index in [1.165, 1.54) is 17.9 Å². The van der Waals surface area contributed by atoms with Crippen molar-refractivity contribution in [3.05, 3.63) is 57.6 Å². The van der Waals surface area contributed by atoms with Gasteiger partial charge in [-0.3, -0.25) is 9.59 Å². The first-order valence-corrected chi connectivity index (χ1v) is 9.71. The van der Waals surface area contributed by atoms with Crippen LogP contribution in [0.4, 0.5) is 5.69 Å². The van der Waals surface area contributed by atoms with Gasteiger partial charge in [-0.05, 0) is 44.0 Å². The number of ether oxygens (including phenoxy) is 1. The molecule has 1 N–H and O–H groups in total. The Hall–Kier alpha value is -2.08. The summed E-state index contributed by atoms with van der Waals surface area (Å²) < 4.78 is 5.73. The fourth-order valence-corrected chi connectivity index (χ4v) is 3.86. The minimum Gasteiger partial charge on any atom is -0.494 e. The van der Waals surface area contributed by atoms with Gasteiger partial charge in [0.1, 0.15) is 11.5 Å². The van der Waals surface area contributed by atoms with Gasteiger partial charge in [0, 0.05) is 18.5 Å². The van der Waals surface area contributed by atoms with Gasteiger partial charge in [0.05, 0.1) is 22.3 Å². The highest BCUT2D eigenvalue weighted by molar-refractivity contribution is 6.44. The Balaban J connectivity index is 1.78. The van der Waals surface area contributed by atoms with E-state index in [-0.39, 0.29) is 28.8 Å². The lowest BCUT2D eigenvalue weighted by atomic mass is 9.90. The molecule has 148 valence electrons. The second-order valence-electron chi connectivity index (χ2n) is 6.97. The zero-order chi connectivity index (χ0) is 20.5. The Bertz CT molecular complexity index is 931. The van der Waals surface area contributed by atoms with Gasteiger partial charge in [0.25, 0.3) is 5.91 Å². The minimum atomic E-state index is -1.92. The van der Waals surface area contributed by atoms with Crippen molar-refractivity contribution in [2.24, 2.45) is 0 Å². The van der Waals surface area contributed by atoms with Gasteiger partial charge in [0.2, 0.25) is 0 Å². The van der Waals surface area contributed by atoms with E-state index in [1.807, 2.05) is 31.2 Å². The standard InChI is InChI=1S/C21H21Cl2NO4/c1-13-5-3-6-15(11-13)28-10-4-9-24-19-16(7-8-17(22)18(19)23)21(27,20(24)26)12-14(2)25/h3,5-8,11,27H,4,9-10,12H2,1-2H3. The monoisotopic (exact) mass is 421 g/mol. The molecule has 1 amide bonds. The quantitative estimate of drug-likeness (QED) is 0.677. The second-order valence-corrected chi connectivity index (χ2v) is 7.76. The molecule has 1 unspecified atom stereocenters. The molecule has 1 aliphatic rings. The lowest BCUT2D eigenvalue weighted by Gasteiger charge is -2.22. The lowest BCUT2D eigenvalue weighted by Crippen LogP contribution is -2.42. The molecule has 0 bridgehead atoms. The molecule has 0 radical (unpaired) electrons. The van der Waals surface area contributed by atoms with Crippen LogP contribution in [0.25, 0.3) is 0 Å². The zero-order valence-corrected chi connectivity index (χ0v) is 17.2. The van der Waals surface area contributed by atoms with Crippen LogP contribution in [0, 0.1) is 6.92 Å². The van der Waals surface area contributed by atoms with E-state index in [0.717, 1.165) is 11.3 Å². The molecule has 2 aromatic rings. The Labute approximate surface area is 173 Å². The van der Waals surface area contributed by atoms with E-state index in [9.17, 15) is 14.7 Å². The van der Waals surface area contributed by atoms with Crippen molar-refractivity contribution in [2.75, 3.05) is 18.1 Å². The van der Waals surface area contributed by atoms with Crippen LogP contribution in [0.5, 0.6) is 5.75 Å². The van der Waals surface area contributed by atoms with Crippen LogP contribution in [0.3, 0.4) is 0 Å². The largest absolute Gasteiger partial charge is 0.494 e. The Kier molecular flexibility index (Phi) is 5.98. The van der Waals surface area contributed by atoms with Crippen LogP contribution in [-0.4, -0.2) is 29.9 Å². The fraction of sp³-hybridized carbons (Fsp3) is 0.333. The topological polar surface area (TPSA) is 66.8 Å². The summed E-state index contributed by atoms with van der Waals surface area (Å²) in [6.07, 6.45) is 0.200. The number of fused-ring (bicyclic) bond motifs is 1. The molecule has 1 atom stereocenters. The van der Waals surface area contributed by atoms with Gasteiger partial charge in [0.15, 0.2) is 5.60 Å². The summed E-state index contributed by atoms with van der Waals surface area (Å²) in [6.45, 7) is 3.97. The number of hydrogen-bond donors (Lipinski definition) is 1. The van der Waals surface area contributed by atoms with Crippen molar-refractivity contribution in [3.8, 4) is 5.75 Å². The first-order chi connectivity index (χ1) is 13.2. The number of rotatable bonds is 7. The van der Waals surface area contributed by atoms with Crippen molar-refractivity contribution in [2.45, 2.75) is 32.3 Å². The zero-order valence-electron chi connectivity index (χ0n) is 15.7. The number of Topliss-reactive ketones (excluding diaryl/α,β-unsaturated/α-hetero) is 1. The average Bonchev–Trinajstić information content (AvgIpc) is 2.83. The van der Waals surface area contributed by atoms with Crippen molar-refractivity contribution in [1.29, 1.82) is 0 Å². The first-order valence-electron chi connectivity index (χ1n) is 8.96. The van der Waals surface area contributed by atoms with E-state index >= 15 is 0 Å². The molecule has 0 spiro atoms. The average molecular weight is 422 g/mol. The van der Waals surface area contributed by atoms with E-state index in [2.05, 4.69) is 0 Å². The molecule has 0 aromatic heterocycles. The molecule has 1 heterocycles. The normalized spacial score (nSPS) is 18.3. The predicted molar refractivity (Wildman–Crippen MR) is 109 cm³/mol. The van der Waals surface area contributed by atoms with E-state index in [4.69, 9.17) is 27.9 Å². The van der Waals surface area contributed by atoms with E-state index in [1.54, 1.807) is 6.07 Å². The smallest absolute Gasteiger partial charge is 0.264 e. The molecular weight excluding hydrogens is 401 g/mol. The summed E-state index contributed by atoms with van der Waals surface area (Å²) in [7, 11) is 0. The number of carbonyl (C=O) groups is 2. The number of halogens is 2. The number of carbonyl (C=O) groups excluding carboxylic acids is 2. The third kappa shape index (κ3) is 3.88. The maximum atomic E-state index is 13.0. The van der Waals surface area contributed by atoms with Crippen LogP contribution in [0.1, 0.15) is 30.9 Å². The summed E-state index contributed by atoms with van der Waals surface area (Å²) in [5.74, 6) is -0.114. The summed E-state index contributed by atoms with van der Waals surface area (Å²) in [6, 6.07) is 10.8. The number of amides is 1. The van der Waals surface area contributed by atoms with E-state index in [0.29, 0.717) is 24.3 Å². The highest BCUT2D eigenvalue weighted by atomic mass is 35.5. The SMILES string of the molecule is CC(=O)CC1(O)C(=O)N(CCCOc2cccc(C)c2)c2c1ccc(Cl)c2Cl. The Morgan fingerprint density at radius 1 is 1.25 bits per heavy atom. The third-order valence-corrected chi connectivity index (χ3v) is 5.47. The molecule has 7 heteroatoms. The van der Waals surface area contributed by atoms with Gasteiger partial charge in [-0.2, -0.15) is 0 Å². The fourth-order valence-electron chi connectivity index (χ4n) is 3.44. The van der Waals surface area contributed by atoms with Crippen LogP contribution >= 0.6 is 23.2 Å². The van der Waals surface area contributed by atoms with Gasteiger partial charge in [-0.15, -0.1) is 0 Å². The predicted octanol–water partition coefficient (Wildman–Crippen LogP) is 4.28. The second kappa shape index (κ2) is 8.11. The molecule has 3 rings (SSSR count). The molecule has 0 aliphatic carbocycles. The van der Waals surface area contributed by atoms with Crippen molar-refractivity contribution in [1.82, 2.24) is 0 Å². The molecule has 0 saturated carbocycles. The molecule has 0 saturated heterocycles. The number of hydrogen-bond acceptors (Lipinski definition) is 4. The van der Waals surface area contributed by atoms with Crippen LogP contribution in [-0.2, 0) is 15.2 Å². The maximum absolute atomic E-state index is 13.0. The van der Waals surface area contributed by atoms with Crippen LogP contribution < -0.4 is 9.64 Å². The molecular formula is C21H21Cl2NO4. The van der Waals surface area contributed by atoms with Crippen molar-refractivity contribution < 1.29 is 19.4 Å². The number of nitrogens with zero attached hydrogens (tertiary/aromatic N) is 1. The molecule has 5 nitrogen and oxygen atoms in total. The third-order valence-electron chi connectivity index (χ3n) is 4.67. The van der Waals surface area contributed by atoms with Crippen molar-refractivity contribution in [3.63, 3.8) is 0 Å². The summed E-state index contributed by atoms with van der Waals surface area (Å²) in [5.41, 5.74) is -0.163. The molecule has 28 heavy (non-hydrogen) atoms. The van der Waals surface area contributed by atoms with Gasteiger partial charge in [-0.1, -0.05) is 41.4 Å². The van der Waals surface area contributed by atoms with Crippen molar-refractivity contribution >= 4 is 40.6 Å². The highest BCUT2D eigenvalue weighted by Crippen LogP contribution is 2.48. The molecule has 0 fully saturated rings. The highest BCUT2D eigenvalue weighted by Gasteiger charge is 2.51. The minimum absolute atomic E-state index is 0.187. The van der Waals surface area contributed by atoms with Crippen LogP contribution in [0.2, 0.25) is 10.0 Å². The van der Waals surface area contributed by atoms with Crippen LogP contribution in [0.15, 0.2) is 36.4 Å². The molecule has 2 aromatic carbocycles. The number of benzene rings is 2. The summed E-state index contributed by atoms with van der Waals surface area (Å²) >= 11 is 12.5. The van der Waals surface area contributed by atoms with Gasteiger partial charge >= 0.3 is 0 Å². The maximum Gasteiger partial charge on any atom is 0.264 e. The number of anilines is 1.